The Morgan fingerprint density at radius 3 is 2.88 bits per heavy atom. The van der Waals surface area contributed by atoms with Crippen LogP contribution in [0.4, 0.5) is 0 Å². The molecule has 132 valence electrons. The van der Waals surface area contributed by atoms with Crippen LogP contribution >= 0.6 is 0 Å². The summed E-state index contributed by atoms with van der Waals surface area (Å²) in [5, 5.41) is 17.5. The highest BCUT2D eigenvalue weighted by Gasteiger charge is 2.42. The third kappa shape index (κ3) is 3.40. The Balaban J connectivity index is 1.79. The van der Waals surface area contributed by atoms with Crippen LogP contribution in [0.2, 0.25) is 0 Å². The van der Waals surface area contributed by atoms with Gasteiger partial charge in [0.25, 0.3) is 5.56 Å². The number of nitrogens with one attached hydrogen (secondary N) is 1. The van der Waals surface area contributed by atoms with Gasteiger partial charge in [0.1, 0.15) is 6.54 Å². The van der Waals surface area contributed by atoms with Crippen LogP contribution in [0.1, 0.15) is 32.6 Å². The molecule has 0 radical (unpaired) electrons. The maximum Gasteiger partial charge on any atom is 0.308 e. The molecule has 0 saturated heterocycles. The first-order chi connectivity index (χ1) is 11.9. The molecule has 2 N–H and O–H groups in total. The number of amides is 1. The number of carboxylic acids is 1. The Labute approximate surface area is 144 Å². The molecule has 25 heavy (non-hydrogen) atoms. The van der Waals surface area contributed by atoms with Gasteiger partial charge in [0.15, 0.2) is 0 Å². The summed E-state index contributed by atoms with van der Waals surface area (Å²) in [6.45, 7) is 1.53. The lowest BCUT2D eigenvalue weighted by Gasteiger charge is -2.39. The number of fused-ring (bicyclic) bond motifs is 1. The van der Waals surface area contributed by atoms with Gasteiger partial charge in [-0.3, -0.25) is 14.4 Å². The van der Waals surface area contributed by atoms with Crippen molar-refractivity contribution in [2.24, 2.45) is 5.92 Å². The summed E-state index contributed by atoms with van der Waals surface area (Å²) in [6.07, 6.45) is 4.41. The van der Waals surface area contributed by atoms with Gasteiger partial charge < -0.3 is 10.4 Å². The number of hydrogen-bond acceptors (Lipinski definition) is 4. The van der Waals surface area contributed by atoms with Crippen LogP contribution in [0.3, 0.4) is 0 Å². The van der Waals surface area contributed by atoms with Gasteiger partial charge in [-0.2, -0.15) is 5.10 Å². The second kappa shape index (κ2) is 6.66. The minimum atomic E-state index is -0.900. The number of carbonyl (C=O) groups is 2. The van der Waals surface area contributed by atoms with E-state index in [9.17, 15) is 19.5 Å². The van der Waals surface area contributed by atoms with E-state index in [2.05, 4.69) is 10.4 Å². The zero-order valence-corrected chi connectivity index (χ0v) is 14.1. The maximum absolute atomic E-state index is 12.4. The summed E-state index contributed by atoms with van der Waals surface area (Å²) < 4.78 is 1.11. The molecule has 1 heterocycles. The summed E-state index contributed by atoms with van der Waals surface area (Å²) in [5.74, 6) is -1.92. The molecule has 1 aliphatic carbocycles. The zero-order chi connectivity index (χ0) is 18.0. The third-order valence-corrected chi connectivity index (χ3v) is 4.99. The van der Waals surface area contributed by atoms with E-state index in [1.54, 1.807) is 31.3 Å². The number of nitrogens with zero attached hydrogens (tertiary/aromatic N) is 2. The summed E-state index contributed by atoms with van der Waals surface area (Å²) in [5.41, 5.74) is -1.14. The van der Waals surface area contributed by atoms with Crippen molar-refractivity contribution in [3.8, 4) is 0 Å². The second-order valence-corrected chi connectivity index (χ2v) is 6.80. The number of aliphatic carboxylic acids is 1. The third-order valence-electron chi connectivity index (χ3n) is 4.99. The van der Waals surface area contributed by atoms with E-state index < -0.39 is 23.3 Å². The molecule has 7 heteroatoms. The van der Waals surface area contributed by atoms with Crippen molar-refractivity contribution < 1.29 is 14.7 Å². The largest absolute Gasteiger partial charge is 0.481 e. The Bertz CT molecular complexity index is 876. The Morgan fingerprint density at radius 2 is 2.12 bits per heavy atom. The van der Waals surface area contributed by atoms with Crippen LogP contribution in [0.15, 0.2) is 35.3 Å². The van der Waals surface area contributed by atoms with Gasteiger partial charge in [-0.15, -0.1) is 0 Å². The summed E-state index contributed by atoms with van der Waals surface area (Å²) in [4.78, 5) is 36.4. The lowest BCUT2D eigenvalue weighted by atomic mass is 9.74. The summed E-state index contributed by atoms with van der Waals surface area (Å²) >= 11 is 0. The highest BCUT2D eigenvalue weighted by Crippen LogP contribution is 2.33. The van der Waals surface area contributed by atoms with E-state index in [0.29, 0.717) is 23.6 Å². The number of aromatic nitrogens is 2. The molecule has 1 fully saturated rings. The average Bonchev–Trinajstić information content (AvgIpc) is 2.57. The lowest BCUT2D eigenvalue weighted by Crippen LogP contribution is -2.56. The monoisotopic (exact) mass is 343 g/mol. The quantitative estimate of drug-likeness (QED) is 0.877. The maximum atomic E-state index is 12.4. The van der Waals surface area contributed by atoms with Crippen LogP contribution in [-0.2, 0) is 16.1 Å². The van der Waals surface area contributed by atoms with E-state index in [4.69, 9.17) is 0 Å². The average molecular weight is 343 g/mol. The van der Waals surface area contributed by atoms with E-state index in [1.165, 1.54) is 0 Å². The van der Waals surface area contributed by atoms with Crippen molar-refractivity contribution in [2.45, 2.75) is 44.7 Å². The molecule has 0 spiro atoms. The minimum Gasteiger partial charge on any atom is -0.481 e. The van der Waals surface area contributed by atoms with Crippen molar-refractivity contribution in [3.63, 3.8) is 0 Å². The van der Waals surface area contributed by atoms with Gasteiger partial charge in [0.05, 0.1) is 23.0 Å². The highest BCUT2D eigenvalue weighted by molar-refractivity contribution is 5.82. The molecule has 0 aliphatic heterocycles. The van der Waals surface area contributed by atoms with E-state index in [1.807, 2.05) is 6.07 Å². The summed E-state index contributed by atoms with van der Waals surface area (Å²) in [6, 6.07) is 7.05. The first kappa shape index (κ1) is 17.1. The minimum absolute atomic E-state index is 0.231. The van der Waals surface area contributed by atoms with Crippen LogP contribution in [0, 0.1) is 5.92 Å². The van der Waals surface area contributed by atoms with Crippen LogP contribution in [0.5, 0.6) is 0 Å². The molecular weight excluding hydrogens is 322 g/mol. The molecule has 2 aromatic rings. The van der Waals surface area contributed by atoms with E-state index in [-0.39, 0.29) is 12.1 Å². The van der Waals surface area contributed by atoms with Gasteiger partial charge in [-0.1, -0.05) is 31.0 Å². The molecule has 1 amide bonds. The number of rotatable bonds is 4. The van der Waals surface area contributed by atoms with Crippen molar-refractivity contribution in [1.29, 1.82) is 0 Å². The molecule has 0 unspecified atom stereocenters. The molecule has 7 nitrogen and oxygen atoms in total. The topological polar surface area (TPSA) is 101 Å². The predicted octanol–water partition coefficient (Wildman–Crippen LogP) is 1.55. The predicted molar refractivity (Wildman–Crippen MR) is 92.1 cm³/mol. The van der Waals surface area contributed by atoms with Crippen molar-refractivity contribution >= 4 is 22.6 Å². The molecule has 1 aliphatic rings. The van der Waals surface area contributed by atoms with Crippen molar-refractivity contribution in [1.82, 2.24) is 15.1 Å². The smallest absolute Gasteiger partial charge is 0.308 e. The molecule has 2 atom stereocenters. The van der Waals surface area contributed by atoms with Gasteiger partial charge in [-0.25, -0.2) is 4.68 Å². The second-order valence-electron chi connectivity index (χ2n) is 6.80. The molecule has 0 bridgehead atoms. The Kier molecular flexibility index (Phi) is 4.57. The molecule has 1 aromatic heterocycles. The fourth-order valence-corrected chi connectivity index (χ4v) is 3.61. The van der Waals surface area contributed by atoms with Crippen molar-refractivity contribution in [3.05, 3.63) is 40.8 Å². The van der Waals surface area contributed by atoms with Crippen LogP contribution < -0.4 is 10.9 Å². The molecule has 1 aromatic carbocycles. The van der Waals surface area contributed by atoms with Gasteiger partial charge in [-0.05, 0) is 25.8 Å². The Morgan fingerprint density at radius 1 is 1.36 bits per heavy atom. The van der Waals surface area contributed by atoms with Gasteiger partial charge >= 0.3 is 5.97 Å². The fourth-order valence-electron chi connectivity index (χ4n) is 3.61. The standard InChI is InChI=1S/C18H21N3O4/c1-18(9-5-4-8-14(18)17(24)25)20-15(22)11-21-16(23)13-7-3-2-6-12(13)10-19-21/h2-3,6-7,10,14H,4-5,8-9,11H2,1H3,(H,20,22)(H,24,25)/t14-,18-/m0/s1. The SMILES string of the molecule is C[C@]1(NC(=O)Cn2ncc3ccccc3c2=O)CCCC[C@H]1C(=O)O. The van der Waals surface area contributed by atoms with Crippen molar-refractivity contribution in [2.75, 3.05) is 0 Å². The van der Waals surface area contributed by atoms with Gasteiger partial charge in [0.2, 0.25) is 5.91 Å². The fraction of sp³-hybridized carbons (Fsp3) is 0.444. The highest BCUT2D eigenvalue weighted by atomic mass is 16.4. The van der Waals surface area contributed by atoms with Crippen LogP contribution in [-0.4, -0.2) is 32.3 Å². The molecule has 3 rings (SSSR count). The van der Waals surface area contributed by atoms with E-state index >= 15 is 0 Å². The number of carboxylic acid groups (broad SMARTS) is 1. The number of benzene rings is 1. The Hall–Kier alpha value is -2.70. The van der Waals surface area contributed by atoms with E-state index in [0.717, 1.165) is 17.5 Å². The molecular formula is C18H21N3O4. The first-order valence-electron chi connectivity index (χ1n) is 8.39. The lowest BCUT2D eigenvalue weighted by molar-refractivity contribution is -0.146. The molecule has 1 saturated carbocycles. The van der Waals surface area contributed by atoms with Gasteiger partial charge in [0, 0.05) is 5.39 Å². The summed E-state index contributed by atoms with van der Waals surface area (Å²) in [7, 11) is 0. The number of hydrogen-bond donors (Lipinski definition) is 2. The normalized spacial score (nSPS) is 23.3. The zero-order valence-electron chi connectivity index (χ0n) is 14.1. The number of carbonyl (C=O) groups excluding carboxylic acids is 1. The first-order valence-corrected chi connectivity index (χ1v) is 8.39. The van der Waals surface area contributed by atoms with Crippen LogP contribution in [0.25, 0.3) is 10.8 Å².